The van der Waals surface area contributed by atoms with Gasteiger partial charge in [0, 0.05) is 10.8 Å². The summed E-state index contributed by atoms with van der Waals surface area (Å²) in [7, 11) is 0. The normalized spacial score (nSPS) is 22.7. The number of fused-ring (bicyclic) bond motifs is 1. The molecule has 0 saturated carbocycles. The molecular formula is C6H6O3S. The van der Waals surface area contributed by atoms with E-state index in [0.29, 0.717) is 5.75 Å². The first kappa shape index (κ1) is 6.00. The molecule has 0 bridgehead atoms. The van der Waals surface area contributed by atoms with Gasteiger partial charge in [0.2, 0.25) is 6.29 Å². The lowest BCUT2D eigenvalue weighted by Gasteiger charge is -2.19. The summed E-state index contributed by atoms with van der Waals surface area (Å²) in [6, 6.07) is 0. The fourth-order valence-corrected chi connectivity index (χ4v) is 1.48. The minimum Gasteiger partial charge on any atom is -0.482 e. The van der Waals surface area contributed by atoms with Gasteiger partial charge in [0.15, 0.2) is 18.1 Å². The van der Waals surface area contributed by atoms with Gasteiger partial charge in [0.25, 0.3) is 0 Å². The van der Waals surface area contributed by atoms with Crippen molar-refractivity contribution in [2.24, 2.45) is 0 Å². The molecule has 2 rings (SSSR count). The fraction of sp³-hybridized carbons (Fsp3) is 0.333. The number of hydrogen-bond donors (Lipinski definition) is 1. The Balaban J connectivity index is 2.30. The molecule has 1 aromatic rings. The Morgan fingerprint density at radius 1 is 1.50 bits per heavy atom. The third-order valence-electron chi connectivity index (χ3n) is 1.24. The molecule has 3 nitrogen and oxygen atoms in total. The van der Waals surface area contributed by atoms with Gasteiger partial charge in [-0.15, -0.1) is 11.3 Å². The first-order valence-corrected chi connectivity index (χ1v) is 3.84. The lowest BCUT2D eigenvalue weighted by molar-refractivity contribution is -0.0663. The van der Waals surface area contributed by atoms with Crippen LogP contribution in [0.25, 0.3) is 0 Å². The van der Waals surface area contributed by atoms with Crippen molar-refractivity contribution in [1.82, 2.24) is 0 Å². The van der Waals surface area contributed by atoms with E-state index in [0.717, 1.165) is 5.75 Å². The maximum absolute atomic E-state index is 8.93. The number of aliphatic hydroxyl groups is 1. The molecular weight excluding hydrogens is 152 g/mol. The van der Waals surface area contributed by atoms with Crippen LogP contribution in [0.4, 0.5) is 0 Å². The van der Waals surface area contributed by atoms with Crippen molar-refractivity contribution >= 4 is 11.3 Å². The molecule has 1 aliphatic rings. The van der Waals surface area contributed by atoms with Gasteiger partial charge in [-0.2, -0.15) is 0 Å². The van der Waals surface area contributed by atoms with E-state index in [9.17, 15) is 0 Å². The molecule has 0 spiro atoms. The first-order valence-electron chi connectivity index (χ1n) is 2.90. The summed E-state index contributed by atoms with van der Waals surface area (Å²) in [5.41, 5.74) is 0. The highest BCUT2D eigenvalue weighted by Crippen LogP contribution is 2.34. The molecule has 1 atom stereocenters. The zero-order chi connectivity index (χ0) is 6.97. The SMILES string of the molecule is OC1COc2cscc2O1. The van der Waals surface area contributed by atoms with Crippen LogP contribution < -0.4 is 9.47 Å². The van der Waals surface area contributed by atoms with E-state index in [2.05, 4.69) is 0 Å². The topological polar surface area (TPSA) is 38.7 Å². The molecule has 1 aliphatic heterocycles. The molecule has 0 fully saturated rings. The van der Waals surface area contributed by atoms with Crippen molar-refractivity contribution in [2.75, 3.05) is 6.61 Å². The maximum atomic E-state index is 8.93. The average Bonchev–Trinajstić information content (AvgIpc) is 2.33. The standard InChI is InChI=1S/C6H6O3S/c7-6-1-8-4-2-10-3-5(4)9-6/h2-3,6-7H,1H2. The highest BCUT2D eigenvalue weighted by Gasteiger charge is 2.18. The molecule has 0 aliphatic carbocycles. The summed E-state index contributed by atoms with van der Waals surface area (Å²) in [5.74, 6) is 1.37. The van der Waals surface area contributed by atoms with Crippen molar-refractivity contribution in [3.8, 4) is 11.5 Å². The zero-order valence-corrected chi connectivity index (χ0v) is 5.93. The van der Waals surface area contributed by atoms with Crippen molar-refractivity contribution < 1.29 is 14.6 Å². The van der Waals surface area contributed by atoms with E-state index < -0.39 is 6.29 Å². The Hall–Kier alpha value is -0.740. The van der Waals surface area contributed by atoms with E-state index in [1.54, 1.807) is 5.38 Å². The van der Waals surface area contributed by atoms with Crippen molar-refractivity contribution in [2.45, 2.75) is 6.29 Å². The number of aliphatic hydroxyl groups excluding tert-OH is 1. The third-order valence-corrected chi connectivity index (χ3v) is 1.94. The molecule has 0 radical (unpaired) electrons. The van der Waals surface area contributed by atoms with Crippen LogP contribution in [0.15, 0.2) is 10.8 Å². The van der Waals surface area contributed by atoms with E-state index in [1.807, 2.05) is 5.38 Å². The molecule has 2 heterocycles. The molecule has 0 saturated heterocycles. The predicted molar refractivity (Wildman–Crippen MR) is 36.4 cm³/mol. The fourth-order valence-electron chi connectivity index (χ4n) is 0.806. The summed E-state index contributed by atoms with van der Waals surface area (Å²) in [6.07, 6.45) is -0.804. The lowest BCUT2D eigenvalue weighted by Crippen LogP contribution is -2.27. The summed E-state index contributed by atoms with van der Waals surface area (Å²) < 4.78 is 10.1. The van der Waals surface area contributed by atoms with Crippen molar-refractivity contribution in [3.63, 3.8) is 0 Å². The number of hydrogen-bond acceptors (Lipinski definition) is 4. The summed E-state index contributed by atoms with van der Waals surface area (Å²) in [4.78, 5) is 0. The van der Waals surface area contributed by atoms with Crippen LogP contribution in [0.5, 0.6) is 11.5 Å². The minimum atomic E-state index is -0.804. The second-order valence-electron chi connectivity index (χ2n) is 1.98. The van der Waals surface area contributed by atoms with Gasteiger partial charge in [0.05, 0.1) is 0 Å². The second-order valence-corrected chi connectivity index (χ2v) is 2.73. The first-order chi connectivity index (χ1) is 4.86. The average molecular weight is 158 g/mol. The van der Waals surface area contributed by atoms with E-state index >= 15 is 0 Å². The number of ether oxygens (including phenoxy) is 2. The molecule has 0 amide bonds. The van der Waals surface area contributed by atoms with Gasteiger partial charge >= 0.3 is 0 Å². The number of thiophene rings is 1. The Bertz CT molecular complexity index is 233. The van der Waals surface area contributed by atoms with E-state index in [-0.39, 0.29) is 6.61 Å². The van der Waals surface area contributed by atoms with Crippen LogP contribution in [-0.2, 0) is 0 Å². The Morgan fingerprint density at radius 2 is 2.30 bits per heavy atom. The highest BCUT2D eigenvalue weighted by atomic mass is 32.1. The Morgan fingerprint density at radius 3 is 3.20 bits per heavy atom. The van der Waals surface area contributed by atoms with E-state index in [1.165, 1.54) is 11.3 Å². The maximum Gasteiger partial charge on any atom is 0.232 e. The molecule has 1 aromatic heterocycles. The van der Waals surface area contributed by atoms with Crippen LogP contribution in [0, 0.1) is 0 Å². The molecule has 0 aromatic carbocycles. The highest BCUT2D eigenvalue weighted by molar-refractivity contribution is 7.08. The molecule has 4 heteroatoms. The largest absolute Gasteiger partial charge is 0.482 e. The van der Waals surface area contributed by atoms with Crippen molar-refractivity contribution in [1.29, 1.82) is 0 Å². The van der Waals surface area contributed by atoms with Crippen LogP contribution in [0.2, 0.25) is 0 Å². The third kappa shape index (κ3) is 0.853. The summed E-state index contributed by atoms with van der Waals surface area (Å²) in [6.45, 7) is 0.226. The zero-order valence-electron chi connectivity index (χ0n) is 5.11. The smallest absolute Gasteiger partial charge is 0.232 e. The lowest BCUT2D eigenvalue weighted by atomic mass is 10.5. The van der Waals surface area contributed by atoms with Crippen LogP contribution >= 0.6 is 11.3 Å². The van der Waals surface area contributed by atoms with Crippen molar-refractivity contribution in [3.05, 3.63) is 10.8 Å². The predicted octanol–water partition coefficient (Wildman–Crippen LogP) is 0.838. The van der Waals surface area contributed by atoms with Gasteiger partial charge in [-0.3, -0.25) is 0 Å². The summed E-state index contributed by atoms with van der Waals surface area (Å²) in [5, 5.41) is 12.6. The number of rotatable bonds is 0. The quantitative estimate of drug-likeness (QED) is 0.608. The van der Waals surface area contributed by atoms with Gasteiger partial charge in [-0.25, -0.2) is 0 Å². The second kappa shape index (κ2) is 2.14. The van der Waals surface area contributed by atoms with Crippen LogP contribution in [0.1, 0.15) is 0 Å². The Labute approximate surface area is 61.8 Å². The monoisotopic (exact) mass is 158 g/mol. The van der Waals surface area contributed by atoms with E-state index in [4.69, 9.17) is 14.6 Å². The molecule has 54 valence electrons. The minimum absolute atomic E-state index is 0.226. The van der Waals surface area contributed by atoms with Gasteiger partial charge in [0.1, 0.15) is 0 Å². The molecule has 10 heavy (non-hydrogen) atoms. The summed E-state index contributed by atoms with van der Waals surface area (Å²) >= 11 is 1.50. The molecule has 1 N–H and O–H groups in total. The van der Waals surface area contributed by atoms with Crippen LogP contribution in [0.3, 0.4) is 0 Å². The Kier molecular flexibility index (Phi) is 1.28. The van der Waals surface area contributed by atoms with Gasteiger partial charge in [-0.1, -0.05) is 0 Å². The van der Waals surface area contributed by atoms with Crippen LogP contribution in [-0.4, -0.2) is 18.0 Å². The van der Waals surface area contributed by atoms with Gasteiger partial charge in [-0.05, 0) is 0 Å². The van der Waals surface area contributed by atoms with Gasteiger partial charge < -0.3 is 14.6 Å². The molecule has 1 unspecified atom stereocenters.